The normalized spacial score (nSPS) is 26.1. The van der Waals surface area contributed by atoms with Gasteiger partial charge in [-0.2, -0.15) is 4.98 Å². The van der Waals surface area contributed by atoms with Crippen molar-refractivity contribution in [2.45, 2.75) is 39.2 Å². The molecule has 1 aromatic rings. The molecule has 0 saturated heterocycles. The molecule has 2 atom stereocenters. The zero-order valence-electron chi connectivity index (χ0n) is 11.2. The van der Waals surface area contributed by atoms with Crippen LogP contribution in [0.15, 0.2) is 12.3 Å². The third kappa shape index (κ3) is 2.77. The SMILES string of the molecule is CCOc1ccnc(NC2CCCC2(C)C(=O)O)n1. The van der Waals surface area contributed by atoms with Crippen LogP contribution in [0.3, 0.4) is 0 Å². The molecule has 0 spiro atoms. The van der Waals surface area contributed by atoms with Crippen LogP contribution in [0.4, 0.5) is 5.95 Å². The second-order valence-corrected chi connectivity index (χ2v) is 4.96. The number of nitrogens with one attached hydrogen (secondary N) is 1. The summed E-state index contributed by atoms with van der Waals surface area (Å²) < 4.78 is 5.30. The number of carbonyl (C=O) groups is 1. The molecule has 1 aromatic heterocycles. The molecule has 0 radical (unpaired) electrons. The van der Waals surface area contributed by atoms with E-state index in [9.17, 15) is 9.90 Å². The maximum Gasteiger partial charge on any atom is 0.311 e. The number of hydrogen-bond donors (Lipinski definition) is 2. The van der Waals surface area contributed by atoms with Crippen molar-refractivity contribution in [3.05, 3.63) is 12.3 Å². The highest BCUT2D eigenvalue weighted by Gasteiger charge is 2.45. The summed E-state index contributed by atoms with van der Waals surface area (Å²) in [7, 11) is 0. The largest absolute Gasteiger partial charge is 0.481 e. The van der Waals surface area contributed by atoms with Crippen molar-refractivity contribution >= 4 is 11.9 Å². The van der Waals surface area contributed by atoms with Gasteiger partial charge in [0, 0.05) is 18.3 Å². The van der Waals surface area contributed by atoms with Crippen molar-refractivity contribution in [1.82, 2.24) is 9.97 Å². The van der Waals surface area contributed by atoms with E-state index in [0.717, 1.165) is 12.8 Å². The highest BCUT2D eigenvalue weighted by atomic mass is 16.5. The molecular formula is C13H19N3O3. The van der Waals surface area contributed by atoms with Crippen LogP contribution in [-0.2, 0) is 4.79 Å². The number of ether oxygens (including phenoxy) is 1. The predicted molar refractivity (Wildman–Crippen MR) is 70.2 cm³/mol. The van der Waals surface area contributed by atoms with Crippen molar-refractivity contribution in [2.24, 2.45) is 5.41 Å². The molecule has 19 heavy (non-hydrogen) atoms. The third-order valence-electron chi connectivity index (χ3n) is 3.67. The molecule has 6 heteroatoms. The average molecular weight is 265 g/mol. The van der Waals surface area contributed by atoms with E-state index in [1.807, 2.05) is 6.92 Å². The van der Waals surface area contributed by atoms with Gasteiger partial charge in [0.15, 0.2) is 0 Å². The van der Waals surface area contributed by atoms with Crippen LogP contribution in [0, 0.1) is 5.41 Å². The van der Waals surface area contributed by atoms with Crippen LogP contribution in [0.5, 0.6) is 5.88 Å². The summed E-state index contributed by atoms with van der Waals surface area (Å²) in [4.78, 5) is 19.7. The molecule has 2 N–H and O–H groups in total. The lowest BCUT2D eigenvalue weighted by molar-refractivity contribution is -0.147. The highest BCUT2D eigenvalue weighted by molar-refractivity contribution is 5.76. The number of nitrogens with zero attached hydrogens (tertiary/aromatic N) is 2. The average Bonchev–Trinajstić information content (AvgIpc) is 2.73. The number of anilines is 1. The number of aromatic nitrogens is 2. The summed E-state index contributed by atoms with van der Waals surface area (Å²) in [5.74, 6) is 0.142. The summed E-state index contributed by atoms with van der Waals surface area (Å²) in [6.07, 6.45) is 3.98. The van der Waals surface area contributed by atoms with Crippen molar-refractivity contribution in [3.63, 3.8) is 0 Å². The predicted octanol–water partition coefficient (Wildman–Crippen LogP) is 1.93. The number of aliphatic carboxylic acids is 1. The quantitative estimate of drug-likeness (QED) is 0.846. The van der Waals surface area contributed by atoms with Gasteiger partial charge in [0.1, 0.15) is 0 Å². The first-order valence-electron chi connectivity index (χ1n) is 6.52. The van der Waals surface area contributed by atoms with E-state index in [1.165, 1.54) is 0 Å². The highest BCUT2D eigenvalue weighted by Crippen LogP contribution is 2.39. The zero-order chi connectivity index (χ0) is 13.9. The lowest BCUT2D eigenvalue weighted by Gasteiger charge is -2.27. The van der Waals surface area contributed by atoms with Gasteiger partial charge in [0.2, 0.25) is 11.8 Å². The molecule has 0 bridgehead atoms. The van der Waals surface area contributed by atoms with Crippen molar-refractivity contribution in [3.8, 4) is 5.88 Å². The topological polar surface area (TPSA) is 84.3 Å². The van der Waals surface area contributed by atoms with Gasteiger partial charge < -0.3 is 15.2 Å². The Labute approximate surface area is 112 Å². The molecule has 1 saturated carbocycles. The maximum atomic E-state index is 11.4. The molecule has 0 aliphatic heterocycles. The van der Waals surface area contributed by atoms with E-state index in [4.69, 9.17) is 4.74 Å². The Morgan fingerprint density at radius 1 is 1.68 bits per heavy atom. The fourth-order valence-corrected chi connectivity index (χ4v) is 2.45. The standard InChI is InChI=1S/C13H19N3O3/c1-3-19-10-6-8-14-12(16-10)15-9-5-4-7-13(9,2)11(17)18/h6,8-9H,3-5,7H2,1-2H3,(H,17,18)(H,14,15,16). The molecular weight excluding hydrogens is 246 g/mol. The molecule has 1 aliphatic rings. The lowest BCUT2D eigenvalue weighted by Crippen LogP contribution is -2.40. The summed E-state index contributed by atoms with van der Waals surface area (Å²) in [6.45, 7) is 4.19. The first kappa shape index (κ1) is 13.6. The molecule has 1 heterocycles. The van der Waals surface area contributed by atoms with Crippen LogP contribution in [0.2, 0.25) is 0 Å². The second kappa shape index (κ2) is 5.42. The summed E-state index contributed by atoms with van der Waals surface area (Å²) in [5.41, 5.74) is -0.759. The molecule has 0 aromatic carbocycles. The van der Waals surface area contributed by atoms with Crippen LogP contribution in [0.25, 0.3) is 0 Å². The van der Waals surface area contributed by atoms with Crippen molar-refractivity contribution < 1.29 is 14.6 Å². The second-order valence-electron chi connectivity index (χ2n) is 4.96. The van der Waals surface area contributed by atoms with E-state index in [1.54, 1.807) is 19.2 Å². The van der Waals surface area contributed by atoms with Gasteiger partial charge in [0.25, 0.3) is 0 Å². The molecule has 1 fully saturated rings. The number of carboxylic acid groups (broad SMARTS) is 1. The van der Waals surface area contributed by atoms with Gasteiger partial charge in [-0.25, -0.2) is 4.98 Å². The van der Waals surface area contributed by atoms with E-state index in [-0.39, 0.29) is 6.04 Å². The van der Waals surface area contributed by atoms with Gasteiger partial charge in [-0.3, -0.25) is 4.79 Å². The fourth-order valence-electron chi connectivity index (χ4n) is 2.45. The first-order chi connectivity index (χ1) is 9.06. The maximum absolute atomic E-state index is 11.4. The molecule has 6 nitrogen and oxygen atoms in total. The summed E-state index contributed by atoms with van der Waals surface area (Å²) in [6, 6.07) is 1.53. The van der Waals surface area contributed by atoms with Crippen LogP contribution in [-0.4, -0.2) is 33.7 Å². The zero-order valence-corrected chi connectivity index (χ0v) is 11.2. The molecule has 104 valence electrons. The molecule has 2 unspecified atom stereocenters. The fraction of sp³-hybridized carbons (Fsp3) is 0.615. The van der Waals surface area contributed by atoms with Gasteiger partial charge in [-0.05, 0) is 26.7 Å². The monoisotopic (exact) mass is 265 g/mol. The Bertz CT molecular complexity index is 466. The summed E-state index contributed by atoms with van der Waals surface area (Å²) in [5, 5.41) is 12.5. The van der Waals surface area contributed by atoms with E-state index in [2.05, 4.69) is 15.3 Å². The minimum Gasteiger partial charge on any atom is -0.481 e. The summed E-state index contributed by atoms with van der Waals surface area (Å²) >= 11 is 0. The Morgan fingerprint density at radius 3 is 3.16 bits per heavy atom. The Kier molecular flexibility index (Phi) is 3.87. The number of hydrogen-bond acceptors (Lipinski definition) is 5. The van der Waals surface area contributed by atoms with E-state index < -0.39 is 11.4 Å². The minimum atomic E-state index is -0.775. The Morgan fingerprint density at radius 2 is 2.47 bits per heavy atom. The van der Waals surface area contributed by atoms with Crippen LogP contribution >= 0.6 is 0 Å². The third-order valence-corrected chi connectivity index (χ3v) is 3.67. The Balaban J connectivity index is 2.12. The van der Waals surface area contributed by atoms with Gasteiger partial charge >= 0.3 is 5.97 Å². The molecule has 1 aliphatic carbocycles. The van der Waals surface area contributed by atoms with E-state index >= 15 is 0 Å². The number of carboxylic acids is 1. The van der Waals surface area contributed by atoms with E-state index in [0.29, 0.717) is 24.9 Å². The number of rotatable bonds is 5. The van der Waals surface area contributed by atoms with Crippen LogP contribution < -0.4 is 10.1 Å². The van der Waals surface area contributed by atoms with Gasteiger partial charge in [-0.1, -0.05) is 6.42 Å². The van der Waals surface area contributed by atoms with Crippen LogP contribution in [0.1, 0.15) is 33.1 Å². The minimum absolute atomic E-state index is 0.151. The van der Waals surface area contributed by atoms with Crippen molar-refractivity contribution in [1.29, 1.82) is 0 Å². The van der Waals surface area contributed by atoms with Crippen molar-refractivity contribution in [2.75, 3.05) is 11.9 Å². The molecule has 0 amide bonds. The van der Waals surface area contributed by atoms with Gasteiger partial charge in [-0.15, -0.1) is 0 Å². The first-order valence-corrected chi connectivity index (χ1v) is 6.52. The lowest BCUT2D eigenvalue weighted by atomic mass is 9.85. The molecule has 2 rings (SSSR count). The van der Waals surface area contributed by atoms with Gasteiger partial charge in [0.05, 0.1) is 12.0 Å². The smallest absolute Gasteiger partial charge is 0.311 e. The Hall–Kier alpha value is -1.85.